The lowest BCUT2D eigenvalue weighted by atomic mass is 10.1. The second kappa shape index (κ2) is 15.3. The smallest absolute Gasteiger partial charge is 0.264 e. The molecule has 0 aliphatic carbocycles. The number of sulfonamides is 1. The Morgan fingerprint density at radius 2 is 1.55 bits per heavy atom. The van der Waals surface area contributed by atoms with Crippen LogP contribution < -0.4 is 9.62 Å². The minimum absolute atomic E-state index is 0.0167. The lowest BCUT2D eigenvalue weighted by Gasteiger charge is -2.33. The van der Waals surface area contributed by atoms with E-state index in [1.54, 1.807) is 37.3 Å². The maximum absolute atomic E-state index is 14.2. The van der Waals surface area contributed by atoms with Crippen molar-refractivity contribution in [1.82, 2.24) is 10.2 Å². The normalized spacial score (nSPS) is 12.1. The van der Waals surface area contributed by atoms with Crippen LogP contribution in [0, 0.1) is 6.92 Å². The van der Waals surface area contributed by atoms with Crippen molar-refractivity contribution in [1.29, 1.82) is 0 Å². The van der Waals surface area contributed by atoms with Gasteiger partial charge in [0.1, 0.15) is 12.6 Å². The molecule has 0 heterocycles. The maximum Gasteiger partial charge on any atom is 0.264 e. The first-order valence-corrected chi connectivity index (χ1v) is 16.4. The molecule has 12 heteroatoms. The number of aryl methyl sites for hydroxylation is 1. The maximum atomic E-state index is 14.2. The molecule has 0 radical (unpaired) electrons. The van der Waals surface area contributed by atoms with Crippen molar-refractivity contribution in [3.05, 3.63) is 91.9 Å². The van der Waals surface area contributed by atoms with Crippen LogP contribution in [0.15, 0.2) is 65.6 Å². The first-order valence-electron chi connectivity index (χ1n) is 13.4. The van der Waals surface area contributed by atoms with Gasteiger partial charge < -0.3 is 10.2 Å². The molecule has 1 atom stereocenters. The number of unbranched alkanes of at least 4 members (excludes halogenated alkanes) is 1. The molecule has 0 spiro atoms. The predicted octanol–water partition coefficient (Wildman–Crippen LogP) is 7.53. The zero-order valence-corrected chi connectivity index (χ0v) is 27.4. The lowest BCUT2D eigenvalue weighted by molar-refractivity contribution is -0.140. The molecule has 0 aliphatic heterocycles. The first-order chi connectivity index (χ1) is 19.9. The number of anilines is 1. The van der Waals surface area contributed by atoms with E-state index in [-0.39, 0.29) is 44.5 Å². The SMILES string of the molecule is CCCCNC(=O)C(CC)N(Cc1ccc(Cl)c(Cl)c1)C(=O)CN(c1cc(Cl)ccc1Cl)S(=O)(=O)c1ccc(C)cc1. The van der Waals surface area contributed by atoms with E-state index in [0.717, 1.165) is 22.7 Å². The molecule has 3 aromatic carbocycles. The minimum Gasteiger partial charge on any atom is -0.354 e. The van der Waals surface area contributed by atoms with Crippen LogP contribution in [0.3, 0.4) is 0 Å². The van der Waals surface area contributed by atoms with E-state index >= 15 is 0 Å². The number of carbonyl (C=O) groups excluding carboxylic acids is 2. The monoisotopic (exact) mass is 671 g/mol. The Balaban J connectivity index is 2.09. The minimum atomic E-state index is -4.29. The molecule has 226 valence electrons. The molecule has 42 heavy (non-hydrogen) atoms. The Labute approximate surface area is 267 Å². The molecule has 0 aromatic heterocycles. The predicted molar refractivity (Wildman–Crippen MR) is 171 cm³/mol. The molecule has 1 unspecified atom stereocenters. The summed E-state index contributed by atoms with van der Waals surface area (Å²) in [4.78, 5) is 28.8. The van der Waals surface area contributed by atoms with Crippen LogP contribution in [-0.2, 0) is 26.2 Å². The molecule has 0 saturated carbocycles. The molecule has 7 nitrogen and oxygen atoms in total. The molecule has 3 aromatic rings. The van der Waals surface area contributed by atoms with Crippen LogP contribution in [0.2, 0.25) is 20.1 Å². The molecule has 0 fully saturated rings. The number of halogens is 4. The highest BCUT2D eigenvalue weighted by Crippen LogP contribution is 2.33. The summed E-state index contributed by atoms with van der Waals surface area (Å²) in [7, 11) is -4.29. The summed E-state index contributed by atoms with van der Waals surface area (Å²) in [5.41, 5.74) is 1.52. The third kappa shape index (κ3) is 8.54. The zero-order chi connectivity index (χ0) is 31.0. The number of rotatable bonds is 13. The third-order valence-electron chi connectivity index (χ3n) is 6.62. The zero-order valence-electron chi connectivity index (χ0n) is 23.5. The van der Waals surface area contributed by atoms with Gasteiger partial charge in [-0.2, -0.15) is 0 Å². The molecule has 3 rings (SSSR count). The van der Waals surface area contributed by atoms with E-state index in [0.29, 0.717) is 17.1 Å². The number of hydrogen-bond acceptors (Lipinski definition) is 4. The van der Waals surface area contributed by atoms with E-state index in [1.807, 2.05) is 13.8 Å². The second-order valence-corrected chi connectivity index (χ2v) is 13.3. The van der Waals surface area contributed by atoms with Crippen LogP contribution in [0.5, 0.6) is 0 Å². The fourth-order valence-electron chi connectivity index (χ4n) is 4.29. The molecule has 0 saturated heterocycles. The van der Waals surface area contributed by atoms with Crippen LogP contribution in [0.25, 0.3) is 0 Å². The van der Waals surface area contributed by atoms with Gasteiger partial charge in [0.15, 0.2) is 0 Å². The van der Waals surface area contributed by atoms with Crippen molar-refractivity contribution < 1.29 is 18.0 Å². The Morgan fingerprint density at radius 1 is 0.881 bits per heavy atom. The van der Waals surface area contributed by atoms with Gasteiger partial charge in [-0.15, -0.1) is 0 Å². The lowest BCUT2D eigenvalue weighted by Crippen LogP contribution is -2.52. The first kappa shape index (κ1) is 34.0. The summed E-state index contributed by atoms with van der Waals surface area (Å²) in [6.07, 6.45) is 1.95. The average molecular weight is 673 g/mol. The molecule has 0 aliphatic rings. The fraction of sp³-hybridized carbons (Fsp3) is 0.333. The summed E-state index contributed by atoms with van der Waals surface area (Å²) in [5, 5.41) is 3.84. The van der Waals surface area contributed by atoms with Crippen LogP contribution in [0.1, 0.15) is 44.2 Å². The van der Waals surface area contributed by atoms with E-state index < -0.39 is 28.5 Å². The number of hydrogen-bond donors (Lipinski definition) is 1. The number of carbonyl (C=O) groups is 2. The van der Waals surface area contributed by atoms with Gasteiger partial charge in [0.2, 0.25) is 11.8 Å². The molecule has 0 bridgehead atoms. The van der Waals surface area contributed by atoms with E-state index in [4.69, 9.17) is 46.4 Å². The standard InChI is InChI=1S/C30H33Cl4N3O4S/c1-4-6-15-35-30(39)27(5-2)36(18-21-9-13-24(32)26(34)16-21)29(38)19-37(28-17-22(31)10-14-25(28)33)42(40,41)23-11-7-20(3)8-12-23/h7-14,16-17,27H,4-6,15,18-19H2,1-3H3,(H,35,39). The third-order valence-corrected chi connectivity index (χ3v) is 9.68. The number of nitrogens with one attached hydrogen (secondary N) is 1. The van der Waals surface area contributed by atoms with Crippen LogP contribution in [-0.4, -0.2) is 44.3 Å². The summed E-state index contributed by atoms with van der Waals surface area (Å²) >= 11 is 25.0. The summed E-state index contributed by atoms with van der Waals surface area (Å²) < 4.78 is 28.9. The largest absolute Gasteiger partial charge is 0.354 e. The number of nitrogens with zero attached hydrogens (tertiary/aromatic N) is 2. The van der Waals surface area contributed by atoms with E-state index in [9.17, 15) is 18.0 Å². The van der Waals surface area contributed by atoms with Crippen molar-refractivity contribution in [3.8, 4) is 0 Å². The van der Waals surface area contributed by atoms with Gasteiger partial charge in [-0.3, -0.25) is 13.9 Å². The Kier molecular flexibility index (Phi) is 12.4. The second-order valence-electron chi connectivity index (χ2n) is 9.76. The molecular weight excluding hydrogens is 640 g/mol. The highest BCUT2D eigenvalue weighted by molar-refractivity contribution is 7.92. The van der Waals surface area contributed by atoms with Gasteiger partial charge in [-0.25, -0.2) is 8.42 Å². The Hall–Kier alpha value is -2.49. The molecule has 2 amide bonds. The summed E-state index contributed by atoms with van der Waals surface area (Å²) in [5.74, 6) is -0.960. The van der Waals surface area contributed by atoms with Gasteiger partial charge >= 0.3 is 0 Å². The van der Waals surface area contributed by atoms with Crippen molar-refractivity contribution in [2.24, 2.45) is 0 Å². The van der Waals surface area contributed by atoms with Crippen LogP contribution >= 0.6 is 46.4 Å². The van der Waals surface area contributed by atoms with E-state index in [2.05, 4.69) is 5.32 Å². The number of benzene rings is 3. The molecule has 1 N–H and O–H groups in total. The quantitative estimate of drug-likeness (QED) is 0.190. The van der Waals surface area contributed by atoms with Crippen LogP contribution in [0.4, 0.5) is 5.69 Å². The Morgan fingerprint density at radius 3 is 2.17 bits per heavy atom. The van der Waals surface area contributed by atoms with Gasteiger partial charge in [-0.05, 0) is 67.8 Å². The van der Waals surface area contributed by atoms with Gasteiger partial charge in [0, 0.05) is 18.1 Å². The van der Waals surface area contributed by atoms with Crippen molar-refractivity contribution in [2.45, 2.75) is 57.5 Å². The summed E-state index contributed by atoms with van der Waals surface area (Å²) in [6, 6.07) is 14.7. The van der Waals surface area contributed by atoms with Crippen molar-refractivity contribution >= 4 is 73.9 Å². The topological polar surface area (TPSA) is 86.8 Å². The van der Waals surface area contributed by atoms with Gasteiger partial charge in [0.05, 0.1) is 25.7 Å². The summed E-state index contributed by atoms with van der Waals surface area (Å²) in [6.45, 7) is 5.42. The van der Waals surface area contributed by atoms with Gasteiger partial charge in [-0.1, -0.05) is 90.4 Å². The van der Waals surface area contributed by atoms with Crippen molar-refractivity contribution in [2.75, 3.05) is 17.4 Å². The molecular formula is C30H33Cl4N3O4S. The number of amides is 2. The fourth-order valence-corrected chi connectivity index (χ4v) is 6.47. The van der Waals surface area contributed by atoms with E-state index in [1.165, 1.54) is 35.2 Å². The highest BCUT2D eigenvalue weighted by atomic mass is 35.5. The average Bonchev–Trinajstić information content (AvgIpc) is 2.95. The van der Waals surface area contributed by atoms with Gasteiger partial charge in [0.25, 0.3) is 10.0 Å². The highest BCUT2D eigenvalue weighted by Gasteiger charge is 2.34. The Bertz CT molecular complexity index is 1520. The van der Waals surface area contributed by atoms with Crippen molar-refractivity contribution in [3.63, 3.8) is 0 Å².